The van der Waals surface area contributed by atoms with Crippen LogP contribution in [0.4, 0.5) is 0 Å². The van der Waals surface area contributed by atoms with Gasteiger partial charge in [0, 0.05) is 12.1 Å². The van der Waals surface area contributed by atoms with Gasteiger partial charge in [-0.15, -0.1) is 0 Å². The molecule has 0 bridgehead atoms. The van der Waals surface area contributed by atoms with E-state index < -0.39 is 0 Å². The predicted molar refractivity (Wildman–Crippen MR) is 60.4 cm³/mol. The molecule has 0 radical (unpaired) electrons. The molecule has 1 unspecified atom stereocenters. The molecule has 16 heavy (non-hydrogen) atoms. The number of rotatable bonds is 3. The number of ether oxygens (including phenoxy) is 1. The Hall–Kier alpha value is -1.62. The highest BCUT2D eigenvalue weighted by Crippen LogP contribution is 2.17. The van der Waals surface area contributed by atoms with E-state index >= 15 is 0 Å². The van der Waals surface area contributed by atoms with Crippen molar-refractivity contribution in [3.63, 3.8) is 0 Å². The van der Waals surface area contributed by atoms with E-state index in [4.69, 9.17) is 4.74 Å². The lowest BCUT2D eigenvalue weighted by molar-refractivity contribution is 0.277. The fourth-order valence-electron chi connectivity index (χ4n) is 2.01. The fraction of sp³-hybridized carbons (Fsp3) is 0.455. The van der Waals surface area contributed by atoms with E-state index in [-0.39, 0.29) is 0 Å². The van der Waals surface area contributed by atoms with Gasteiger partial charge in [0.25, 0.3) is 0 Å². The molecule has 1 aromatic carbocycles. The predicted octanol–water partition coefficient (Wildman–Crippen LogP) is 1.09. The number of fused-ring (bicyclic) bond motifs is 1. The zero-order valence-electron chi connectivity index (χ0n) is 8.94. The second-order valence-corrected chi connectivity index (χ2v) is 4.08. The zero-order chi connectivity index (χ0) is 10.8. The Labute approximate surface area is 93.2 Å². The monoisotopic (exact) mass is 218 g/mol. The lowest BCUT2D eigenvalue weighted by atomic mass is 10.2. The molecule has 0 amide bonds. The van der Waals surface area contributed by atoms with Crippen LogP contribution in [0.15, 0.2) is 18.2 Å². The lowest BCUT2D eigenvalue weighted by Crippen LogP contribution is -2.28. The number of hydrogen-bond donors (Lipinski definition) is 2. The van der Waals surface area contributed by atoms with Crippen LogP contribution in [0, 0.1) is 0 Å². The number of nitrogens with zero attached hydrogens (tertiary/aromatic N) is 2. The van der Waals surface area contributed by atoms with Gasteiger partial charge in [0.15, 0.2) is 0 Å². The fourth-order valence-corrected chi connectivity index (χ4v) is 2.01. The Morgan fingerprint density at radius 3 is 3.12 bits per heavy atom. The number of aromatic amines is 1. The van der Waals surface area contributed by atoms with Gasteiger partial charge in [-0.1, -0.05) is 0 Å². The maximum absolute atomic E-state index is 5.72. The minimum atomic E-state index is 0.494. The van der Waals surface area contributed by atoms with E-state index in [0.717, 1.165) is 29.9 Å². The second-order valence-electron chi connectivity index (χ2n) is 4.08. The van der Waals surface area contributed by atoms with E-state index in [9.17, 15) is 0 Å². The molecule has 1 aliphatic rings. The van der Waals surface area contributed by atoms with Crippen LogP contribution in [0.5, 0.6) is 5.75 Å². The number of nitrogens with one attached hydrogen (secondary N) is 2. The standard InChI is InChI=1S/C11H14N4O/c1-2-8(12-5-1)7-16-9-3-4-10-11(6-9)14-15-13-10/h3-4,6,8,12H,1-2,5,7H2,(H,13,14,15). The van der Waals surface area contributed by atoms with E-state index in [2.05, 4.69) is 20.7 Å². The Morgan fingerprint density at radius 1 is 1.31 bits per heavy atom. The molecule has 5 heteroatoms. The summed E-state index contributed by atoms with van der Waals surface area (Å²) in [5, 5.41) is 14.0. The molecule has 2 aromatic rings. The van der Waals surface area contributed by atoms with Gasteiger partial charge < -0.3 is 10.1 Å². The molecule has 1 saturated heterocycles. The molecule has 2 N–H and O–H groups in total. The summed E-state index contributed by atoms with van der Waals surface area (Å²) >= 11 is 0. The van der Waals surface area contributed by atoms with Gasteiger partial charge in [0.1, 0.15) is 23.4 Å². The molecule has 5 nitrogen and oxygen atoms in total. The molecule has 84 valence electrons. The van der Waals surface area contributed by atoms with Gasteiger partial charge in [0.2, 0.25) is 0 Å². The molecule has 0 aliphatic carbocycles. The average molecular weight is 218 g/mol. The van der Waals surface area contributed by atoms with Gasteiger partial charge in [-0.3, -0.25) is 0 Å². The highest BCUT2D eigenvalue weighted by atomic mass is 16.5. The topological polar surface area (TPSA) is 62.8 Å². The van der Waals surface area contributed by atoms with Crippen LogP contribution in [-0.2, 0) is 0 Å². The molecule has 1 aromatic heterocycles. The maximum Gasteiger partial charge on any atom is 0.121 e. The highest BCUT2D eigenvalue weighted by Gasteiger charge is 2.14. The summed E-state index contributed by atoms with van der Waals surface area (Å²) in [5.41, 5.74) is 1.71. The molecule has 1 fully saturated rings. The first-order valence-corrected chi connectivity index (χ1v) is 5.58. The number of benzene rings is 1. The Kier molecular flexibility index (Phi) is 2.46. The lowest BCUT2D eigenvalue weighted by Gasteiger charge is -2.11. The van der Waals surface area contributed by atoms with Crippen LogP contribution in [0.2, 0.25) is 0 Å². The molecule has 1 aliphatic heterocycles. The van der Waals surface area contributed by atoms with Gasteiger partial charge in [-0.05, 0) is 31.5 Å². The quantitative estimate of drug-likeness (QED) is 0.809. The summed E-state index contributed by atoms with van der Waals surface area (Å²) in [7, 11) is 0. The van der Waals surface area contributed by atoms with Crippen LogP contribution in [0.3, 0.4) is 0 Å². The normalized spacial score (nSPS) is 20.4. The van der Waals surface area contributed by atoms with E-state index in [1.54, 1.807) is 0 Å². The third-order valence-electron chi connectivity index (χ3n) is 2.90. The van der Waals surface area contributed by atoms with Crippen LogP contribution in [0.25, 0.3) is 11.0 Å². The van der Waals surface area contributed by atoms with Crippen LogP contribution in [-0.4, -0.2) is 34.6 Å². The summed E-state index contributed by atoms with van der Waals surface area (Å²) in [6, 6.07) is 6.25. The molecular weight excluding hydrogens is 204 g/mol. The number of H-pyrrole nitrogens is 1. The van der Waals surface area contributed by atoms with Crippen molar-refractivity contribution in [3.05, 3.63) is 18.2 Å². The van der Waals surface area contributed by atoms with Crippen molar-refractivity contribution in [2.45, 2.75) is 18.9 Å². The summed E-state index contributed by atoms with van der Waals surface area (Å²) in [6.45, 7) is 1.83. The maximum atomic E-state index is 5.72. The second kappa shape index (κ2) is 4.09. The number of hydrogen-bond acceptors (Lipinski definition) is 4. The van der Waals surface area contributed by atoms with Crippen molar-refractivity contribution in [3.8, 4) is 5.75 Å². The van der Waals surface area contributed by atoms with E-state index in [1.807, 2.05) is 18.2 Å². The number of aromatic nitrogens is 3. The first kappa shape index (κ1) is 9.59. The summed E-state index contributed by atoms with van der Waals surface area (Å²) in [4.78, 5) is 0. The minimum absolute atomic E-state index is 0.494. The zero-order valence-corrected chi connectivity index (χ0v) is 8.94. The molecule has 1 atom stereocenters. The van der Waals surface area contributed by atoms with E-state index in [1.165, 1.54) is 12.8 Å². The van der Waals surface area contributed by atoms with Gasteiger partial charge in [-0.25, -0.2) is 0 Å². The van der Waals surface area contributed by atoms with Gasteiger partial charge in [0.05, 0.1) is 0 Å². The van der Waals surface area contributed by atoms with E-state index in [0.29, 0.717) is 6.04 Å². The van der Waals surface area contributed by atoms with Crippen molar-refractivity contribution in [1.29, 1.82) is 0 Å². The molecule has 0 saturated carbocycles. The Bertz CT molecular complexity index is 476. The summed E-state index contributed by atoms with van der Waals surface area (Å²) < 4.78 is 5.72. The van der Waals surface area contributed by atoms with Crippen LogP contribution < -0.4 is 10.1 Å². The SMILES string of the molecule is c1cc2n[nH]nc2cc1OCC1CCCN1. The highest BCUT2D eigenvalue weighted by molar-refractivity contribution is 5.75. The van der Waals surface area contributed by atoms with Crippen molar-refractivity contribution in [2.24, 2.45) is 0 Å². The smallest absolute Gasteiger partial charge is 0.121 e. The first-order chi connectivity index (χ1) is 7.92. The molecule has 3 rings (SSSR count). The van der Waals surface area contributed by atoms with Crippen molar-refractivity contribution in [2.75, 3.05) is 13.2 Å². The Morgan fingerprint density at radius 2 is 2.25 bits per heavy atom. The van der Waals surface area contributed by atoms with Crippen molar-refractivity contribution in [1.82, 2.24) is 20.7 Å². The van der Waals surface area contributed by atoms with Gasteiger partial charge in [-0.2, -0.15) is 15.4 Å². The summed E-state index contributed by atoms with van der Waals surface area (Å²) in [5.74, 6) is 0.857. The molecular formula is C11H14N4O. The largest absolute Gasteiger partial charge is 0.492 e. The third-order valence-corrected chi connectivity index (χ3v) is 2.90. The van der Waals surface area contributed by atoms with Gasteiger partial charge >= 0.3 is 0 Å². The molecule has 0 spiro atoms. The van der Waals surface area contributed by atoms with Crippen LogP contribution >= 0.6 is 0 Å². The van der Waals surface area contributed by atoms with Crippen LogP contribution in [0.1, 0.15) is 12.8 Å². The first-order valence-electron chi connectivity index (χ1n) is 5.58. The molecule has 2 heterocycles. The summed E-state index contributed by atoms with van der Waals surface area (Å²) in [6.07, 6.45) is 2.45. The van der Waals surface area contributed by atoms with Crippen molar-refractivity contribution >= 4 is 11.0 Å². The van der Waals surface area contributed by atoms with Crippen molar-refractivity contribution < 1.29 is 4.74 Å². The Balaban J connectivity index is 1.68. The minimum Gasteiger partial charge on any atom is -0.492 e. The average Bonchev–Trinajstić information content (AvgIpc) is 2.97. The third kappa shape index (κ3) is 1.86.